The minimum Gasteiger partial charge on any atom is -0.379 e. The zero-order valence-electron chi connectivity index (χ0n) is 18.0. The van der Waals surface area contributed by atoms with Gasteiger partial charge in [0.05, 0.1) is 29.1 Å². The number of nitro benzene ring substituents is 1. The summed E-state index contributed by atoms with van der Waals surface area (Å²) in [6.45, 7) is 3.66. The summed E-state index contributed by atoms with van der Waals surface area (Å²) in [6, 6.07) is 12.8. The molecular formula is C21H27N5O6S. The lowest BCUT2D eigenvalue weighted by atomic mass is 10.1. The minimum atomic E-state index is -4.07. The van der Waals surface area contributed by atoms with Gasteiger partial charge in [-0.1, -0.05) is 30.3 Å². The smallest absolute Gasteiger partial charge is 0.293 e. The van der Waals surface area contributed by atoms with Crippen LogP contribution < -0.4 is 15.8 Å². The molecule has 0 spiro atoms. The number of primary sulfonamides is 1. The number of amides is 1. The van der Waals surface area contributed by atoms with Crippen molar-refractivity contribution in [2.24, 2.45) is 5.14 Å². The number of carbonyl (C=O) groups is 1. The summed E-state index contributed by atoms with van der Waals surface area (Å²) in [6.07, 6.45) is 0.0700. The monoisotopic (exact) mass is 477 g/mol. The second kappa shape index (κ2) is 11.2. The quantitative estimate of drug-likeness (QED) is 0.341. The van der Waals surface area contributed by atoms with Crippen LogP contribution >= 0.6 is 0 Å². The maximum absolute atomic E-state index is 12.6. The van der Waals surface area contributed by atoms with Gasteiger partial charge in [0.1, 0.15) is 5.69 Å². The van der Waals surface area contributed by atoms with Gasteiger partial charge in [-0.15, -0.1) is 0 Å². The molecule has 33 heavy (non-hydrogen) atoms. The first-order chi connectivity index (χ1) is 15.7. The fourth-order valence-corrected chi connectivity index (χ4v) is 4.06. The van der Waals surface area contributed by atoms with Crippen molar-refractivity contribution in [2.75, 3.05) is 44.7 Å². The molecule has 0 aliphatic carbocycles. The molecule has 178 valence electrons. The lowest BCUT2D eigenvalue weighted by Gasteiger charge is -2.31. The molecule has 0 bridgehead atoms. The normalized spacial score (nSPS) is 15.5. The third-order valence-electron chi connectivity index (χ3n) is 5.24. The van der Waals surface area contributed by atoms with Crippen molar-refractivity contribution in [2.45, 2.75) is 17.4 Å². The highest BCUT2D eigenvalue weighted by Crippen LogP contribution is 2.27. The summed E-state index contributed by atoms with van der Waals surface area (Å²) in [5.74, 6) is -0.214. The van der Waals surface area contributed by atoms with Gasteiger partial charge in [0.2, 0.25) is 15.9 Å². The number of hydrogen-bond donors (Lipinski definition) is 3. The first kappa shape index (κ1) is 24.6. The summed E-state index contributed by atoms with van der Waals surface area (Å²) in [5, 5.41) is 22.2. The van der Waals surface area contributed by atoms with Gasteiger partial charge in [0.15, 0.2) is 0 Å². The molecule has 1 amide bonds. The van der Waals surface area contributed by atoms with Gasteiger partial charge in [0, 0.05) is 38.7 Å². The summed E-state index contributed by atoms with van der Waals surface area (Å²) >= 11 is 0. The Morgan fingerprint density at radius 1 is 1.18 bits per heavy atom. The lowest BCUT2D eigenvalue weighted by molar-refractivity contribution is -0.384. The number of sulfonamides is 1. The van der Waals surface area contributed by atoms with Crippen molar-refractivity contribution in [3.63, 3.8) is 0 Å². The molecule has 0 radical (unpaired) electrons. The van der Waals surface area contributed by atoms with Gasteiger partial charge in [-0.2, -0.15) is 0 Å². The first-order valence-corrected chi connectivity index (χ1v) is 12.0. The number of carbonyl (C=O) groups excluding carboxylic acids is 1. The van der Waals surface area contributed by atoms with Crippen LogP contribution in [0.2, 0.25) is 0 Å². The van der Waals surface area contributed by atoms with E-state index < -0.39 is 20.6 Å². The van der Waals surface area contributed by atoms with Crippen molar-refractivity contribution in [1.29, 1.82) is 0 Å². The van der Waals surface area contributed by atoms with Crippen LogP contribution in [0.1, 0.15) is 18.0 Å². The number of nitrogens with zero attached hydrogens (tertiary/aromatic N) is 2. The fourth-order valence-electron chi connectivity index (χ4n) is 3.53. The van der Waals surface area contributed by atoms with E-state index in [2.05, 4.69) is 15.5 Å². The van der Waals surface area contributed by atoms with Crippen molar-refractivity contribution in [1.82, 2.24) is 10.2 Å². The fraction of sp³-hybridized carbons (Fsp3) is 0.381. The predicted octanol–water partition coefficient (Wildman–Crippen LogP) is 1.23. The van der Waals surface area contributed by atoms with E-state index in [1.165, 1.54) is 12.1 Å². The van der Waals surface area contributed by atoms with Gasteiger partial charge in [0.25, 0.3) is 5.69 Å². The third-order valence-corrected chi connectivity index (χ3v) is 6.15. The highest BCUT2D eigenvalue weighted by molar-refractivity contribution is 7.89. The Balaban J connectivity index is 1.61. The average Bonchev–Trinajstić information content (AvgIpc) is 2.79. The number of anilines is 1. The van der Waals surface area contributed by atoms with Crippen LogP contribution in [-0.4, -0.2) is 63.5 Å². The first-order valence-electron chi connectivity index (χ1n) is 10.4. The standard InChI is InChI=1S/C21H27N5O6S/c22-33(30,31)17-6-7-18(20(14-17)26(28)29)23-9-8-21(27)24-19(16-4-2-1-3-5-16)15-25-10-12-32-13-11-25/h1-7,14,19,23H,8-13,15H2,(H,24,27)(H2,22,30,31). The Morgan fingerprint density at radius 3 is 2.52 bits per heavy atom. The van der Waals surface area contributed by atoms with Crippen LogP contribution in [0.15, 0.2) is 53.4 Å². The molecule has 4 N–H and O–H groups in total. The number of rotatable bonds is 10. The van der Waals surface area contributed by atoms with E-state index in [1.807, 2.05) is 30.3 Å². The zero-order chi connectivity index (χ0) is 23.8. The largest absolute Gasteiger partial charge is 0.379 e. The van der Waals surface area contributed by atoms with E-state index in [0.717, 1.165) is 24.7 Å². The number of hydrogen-bond acceptors (Lipinski definition) is 8. The topological polar surface area (TPSA) is 157 Å². The Morgan fingerprint density at radius 2 is 1.88 bits per heavy atom. The molecule has 1 aliphatic heterocycles. The summed E-state index contributed by atoms with van der Waals surface area (Å²) < 4.78 is 28.3. The van der Waals surface area contributed by atoms with Crippen molar-refractivity contribution < 1.29 is 22.9 Å². The van der Waals surface area contributed by atoms with Gasteiger partial charge < -0.3 is 15.4 Å². The lowest BCUT2D eigenvalue weighted by Crippen LogP contribution is -2.43. The average molecular weight is 478 g/mol. The summed E-state index contributed by atoms with van der Waals surface area (Å²) in [4.78, 5) is 25.1. The molecule has 1 unspecified atom stereocenters. The number of benzene rings is 2. The molecule has 2 aromatic rings. The maximum Gasteiger partial charge on any atom is 0.293 e. The maximum atomic E-state index is 12.6. The van der Waals surface area contributed by atoms with Crippen LogP contribution in [0.25, 0.3) is 0 Å². The van der Waals surface area contributed by atoms with Crippen LogP contribution in [0.3, 0.4) is 0 Å². The molecule has 3 rings (SSSR count). The van der Waals surface area contributed by atoms with Gasteiger partial charge in [-0.05, 0) is 17.7 Å². The van der Waals surface area contributed by atoms with Crippen LogP contribution in [0, 0.1) is 10.1 Å². The van der Waals surface area contributed by atoms with E-state index in [4.69, 9.17) is 9.88 Å². The molecule has 0 saturated carbocycles. The van der Waals surface area contributed by atoms with E-state index in [9.17, 15) is 23.3 Å². The highest BCUT2D eigenvalue weighted by atomic mass is 32.2. The van der Waals surface area contributed by atoms with E-state index >= 15 is 0 Å². The van der Waals surface area contributed by atoms with Crippen LogP contribution in [0.4, 0.5) is 11.4 Å². The SMILES string of the molecule is NS(=O)(=O)c1ccc(NCCC(=O)NC(CN2CCOCC2)c2ccccc2)c([N+](=O)[O-])c1. The Labute approximate surface area is 192 Å². The molecule has 0 aromatic heterocycles. The van der Waals surface area contributed by atoms with E-state index in [1.54, 1.807) is 0 Å². The zero-order valence-corrected chi connectivity index (χ0v) is 18.8. The molecule has 1 aliphatic rings. The Kier molecular flexibility index (Phi) is 8.33. The van der Waals surface area contributed by atoms with Gasteiger partial charge in [-0.3, -0.25) is 19.8 Å². The molecule has 1 fully saturated rings. The molecular weight excluding hydrogens is 450 g/mol. The minimum absolute atomic E-state index is 0.0700. The van der Waals surface area contributed by atoms with Crippen molar-refractivity contribution in [3.05, 3.63) is 64.2 Å². The summed E-state index contributed by atoms with van der Waals surface area (Å²) in [7, 11) is -4.07. The second-order valence-corrected chi connectivity index (χ2v) is 9.16. The van der Waals surface area contributed by atoms with Crippen LogP contribution in [0.5, 0.6) is 0 Å². The third kappa shape index (κ3) is 7.22. The predicted molar refractivity (Wildman–Crippen MR) is 122 cm³/mol. The summed E-state index contributed by atoms with van der Waals surface area (Å²) in [5.41, 5.74) is 0.657. The van der Waals surface area contributed by atoms with Gasteiger partial charge in [-0.25, -0.2) is 13.6 Å². The highest BCUT2D eigenvalue weighted by Gasteiger charge is 2.21. The molecule has 1 atom stereocenters. The van der Waals surface area contributed by atoms with E-state index in [0.29, 0.717) is 19.8 Å². The number of nitrogens with two attached hydrogens (primary N) is 1. The van der Waals surface area contributed by atoms with E-state index in [-0.39, 0.29) is 35.5 Å². The Hall–Kier alpha value is -3.06. The molecule has 1 saturated heterocycles. The molecule has 1 heterocycles. The molecule has 11 nitrogen and oxygen atoms in total. The Bertz CT molecular complexity index is 1070. The van der Waals surface area contributed by atoms with Gasteiger partial charge >= 0.3 is 0 Å². The van der Waals surface area contributed by atoms with Crippen LogP contribution in [-0.2, 0) is 19.6 Å². The number of nitro groups is 1. The number of ether oxygens (including phenoxy) is 1. The number of nitrogens with one attached hydrogen (secondary N) is 2. The molecule has 2 aromatic carbocycles. The number of morpholine rings is 1. The second-order valence-electron chi connectivity index (χ2n) is 7.60. The molecule has 12 heteroatoms. The van der Waals surface area contributed by atoms with Crippen molar-refractivity contribution >= 4 is 27.3 Å². The van der Waals surface area contributed by atoms with Crippen molar-refractivity contribution in [3.8, 4) is 0 Å².